The number of Topliss-reactive ketones (excluding diaryl/α,β-unsaturated/α-hetero) is 1. The molecule has 0 aliphatic rings. The molecule has 0 amide bonds. The number of aryl methyl sites for hydroxylation is 1. The van der Waals surface area contributed by atoms with Gasteiger partial charge in [0.25, 0.3) is 0 Å². The molecule has 0 bridgehead atoms. The van der Waals surface area contributed by atoms with Crippen LogP contribution in [0.2, 0.25) is 0 Å². The van der Waals surface area contributed by atoms with Crippen LogP contribution in [-0.2, 0) is 4.79 Å². The molecule has 0 heterocycles. The van der Waals surface area contributed by atoms with Gasteiger partial charge >= 0.3 is 0 Å². The zero-order valence-electron chi connectivity index (χ0n) is 7.88. The Morgan fingerprint density at radius 3 is 2.62 bits per heavy atom. The topological polar surface area (TPSA) is 17.1 Å². The average molecular weight is 180 g/mol. The molecular weight excluding hydrogens is 167 g/mol. The van der Waals surface area contributed by atoms with E-state index in [1.807, 2.05) is 19.1 Å². The van der Waals surface area contributed by atoms with Crippen LogP contribution in [0.1, 0.15) is 30.6 Å². The molecular formula is C11H13FO. The Morgan fingerprint density at radius 1 is 1.46 bits per heavy atom. The van der Waals surface area contributed by atoms with Crippen molar-refractivity contribution in [1.82, 2.24) is 0 Å². The van der Waals surface area contributed by atoms with E-state index in [0.717, 1.165) is 5.56 Å². The standard InChI is InChI=1S/C11H13FO/c1-8-5-3-4-6-10(8)11(12)7-9(2)13/h3-6,11H,7H2,1-2H3. The summed E-state index contributed by atoms with van der Waals surface area (Å²) in [6, 6.07) is 7.22. The molecule has 1 atom stereocenters. The molecule has 0 fully saturated rings. The molecule has 1 aromatic rings. The summed E-state index contributed by atoms with van der Waals surface area (Å²) in [6.45, 7) is 3.26. The van der Waals surface area contributed by atoms with E-state index >= 15 is 0 Å². The lowest BCUT2D eigenvalue weighted by Gasteiger charge is -2.08. The summed E-state index contributed by atoms with van der Waals surface area (Å²) < 4.78 is 13.4. The Bertz CT molecular complexity index is 307. The molecule has 1 unspecified atom stereocenters. The predicted octanol–water partition coefficient (Wildman–Crippen LogP) is 2.98. The molecule has 13 heavy (non-hydrogen) atoms. The van der Waals surface area contributed by atoms with Crippen LogP contribution in [-0.4, -0.2) is 5.78 Å². The Labute approximate surface area is 77.6 Å². The summed E-state index contributed by atoms with van der Waals surface area (Å²) >= 11 is 0. The number of benzene rings is 1. The van der Waals surface area contributed by atoms with Gasteiger partial charge in [-0.25, -0.2) is 4.39 Å². The maximum atomic E-state index is 13.4. The first kappa shape index (κ1) is 9.90. The quantitative estimate of drug-likeness (QED) is 0.698. The largest absolute Gasteiger partial charge is 0.300 e. The first-order chi connectivity index (χ1) is 6.11. The van der Waals surface area contributed by atoms with E-state index in [1.165, 1.54) is 6.92 Å². The van der Waals surface area contributed by atoms with E-state index in [4.69, 9.17) is 0 Å². The van der Waals surface area contributed by atoms with Crippen LogP contribution >= 0.6 is 0 Å². The second-order valence-electron chi connectivity index (χ2n) is 3.23. The Hall–Kier alpha value is -1.18. The summed E-state index contributed by atoms with van der Waals surface area (Å²) in [7, 11) is 0. The molecule has 0 saturated carbocycles. The van der Waals surface area contributed by atoms with Gasteiger partial charge in [-0.15, -0.1) is 0 Å². The summed E-state index contributed by atoms with van der Waals surface area (Å²) in [5.74, 6) is -0.115. The van der Waals surface area contributed by atoms with Gasteiger partial charge < -0.3 is 0 Å². The maximum absolute atomic E-state index is 13.4. The van der Waals surface area contributed by atoms with Gasteiger partial charge in [-0.05, 0) is 25.0 Å². The normalized spacial score (nSPS) is 12.5. The van der Waals surface area contributed by atoms with Crippen molar-refractivity contribution in [3.05, 3.63) is 35.4 Å². The molecule has 0 aromatic heterocycles. The van der Waals surface area contributed by atoms with E-state index in [2.05, 4.69) is 0 Å². The van der Waals surface area contributed by atoms with Crippen molar-refractivity contribution in [2.24, 2.45) is 0 Å². The molecule has 0 saturated heterocycles. The minimum Gasteiger partial charge on any atom is -0.300 e. The lowest BCUT2D eigenvalue weighted by molar-refractivity contribution is -0.118. The number of carbonyl (C=O) groups is 1. The minimum atomic E-state index is -1.15. The molecule has 0 N–H and O–H groups in total. The molecule has 70 valence electrons. The molecule has 1 nitrogen and oxygen atoms in total. The molecule has 0 radical (unpaired) electrons. The van der Waals surface area contributed by atoms with Gasteiger partial charge in [-0.1, -0.05) is 24.3 Å². The number of carbonyl (C=O) groups excluding carboxylic acids is 1. The molecule has 1 rings (SSSR count). The average Bonchev–Trinajstić information content (AvgIpc) is 2.03. The predicted molar refractivity (Wildman–Crippen MR) is 50.3 cm³/mol. The molecule has 1 aromatic carbocycles. The van der Waals surface area contributed by atoms with Crippen molar-refractivity contribution < 1.29 is 9.18 Å². The molecule has 0 aliphatic heterocycles. The Morgan fingerprint density at radius 2 is 2.08 bits per heavy atom. The van der Waals surface area contributed by atoms with Gasteiger partial charge in [0.1, 0.15) is 12.0 Å². The van der Waals surface area contributed by atoms with Crippen molar-refractivity contribution >= 4 is 5.78 Å². The van der Waals surface area contributed by atoms with Gasteiger partial charge in [0, 0.05) is 6.42 Å². The summed E-state index contributed by atoms with van der Waals surface area (Å²) in [6.07, 6.45) is -1.18. The van der Waals surface area contributed by atoms with Gasteiger partial charge in [0.15, 0.2) is 0 Å². The van der Waals surface area contributed by atoms with E-state index in [0.29, 0.717) is 5.56 Å². The van der Waals surface area contributed by atoms with E-state index < -0.39 is 6.17 Å². The number of ketones is 1. The molecule has 0 aliphatic carbocycles. The highest BCUT2D eigenvalue weighted by atomic mass is 19.1. The lowest BCUT2D eigenvalue weighted by atomic mass is 10.0. The zero-order chi connectivity index (χ0) is 9.84. The lowest BCUT2D eigenvalue weighted by Crippen LogP contribution is -2.00. The number of hydrogen-bond donors (Lipinski definition) is 0. The maximum Gasteiger partial charge on any atom is 0.133 e. The summed E-state index contributed by atoms with van der Waals surface area (Å²) in [4.78, 5) is 10.7. The number of rotatable bonds is 3. The van der Waals surface area contributed by atoms with Crippen LogP contribution < -0.4 is 0 Å². The van der Waals surface area contributed by atoms with Crippen LogP contribution in [0.25, 0.3) is 0 Å². The van der Waals surface area contributed by atoms with Crippen LogP contribution in [0.5, 0.6) is 0 Å². The van der Waals surface area contributed by atoms with Gasteiger partial charge in [0.2, 0.25) is 0 Å². The van der Waals surface area contributed by atoms with E-state index in [1.54, 1.807) is 12.1 Å². The van der Waals surface area contributed by atoms with Crippen LogP contribution in [0.15, 0.2) is 24.3 Å². The third-order valence-corrected chi connectivity index (χ3v) is 1.99. The third kappa shape index (κ3) is 2.65. The minimum absolute atomic E-state index is 0.0230. The number of alkyl halides is 1. The van der Waals surface area contributed by atoms with Crippen LogP contribution in [0, 0.1) is 6.92 Å². The van der Waals surface area contributed by atoms with Gasteiger partial charge in [0.05, 0.1) is 0 Å². The second-order valence-corrected chi connectivity index (χ2v) is 3.23. The number of hydrogen-bond acceptors (Lipinski definition) is 1. The fourth-order valence-corrected chi connectivity index (χ4v) is 1.30. The Kier molecular flexibility index (Phi) is 3.18. The highest BCUT2D eigenvalue weighted by Crippen LogP contribution is 2.24. The molecule has 2 heteroatoms. The highest BCUT2D eigenvalue weighted by Gasteiger charge is 2.13. The monoisotopic (exact) mass is 180 g/mol. The van der Waals surface area contributed by atoms with Gasteiger partial charge in [-0.3, -0.25) is 4.79 Å². The second kappa shape index (κ2) is 4.17. The van der Waals surface area contributed by atoms with Crippen molar-refractivity contribution in [3.8, 4) is 0 Å². The smallest absolute Gasteiger partial charge is 0.133 e. The fraction of sp³-hybridized carbons (Fsp3) is 0.364. The van der Waals surface area contributed by atoms with Crippen LogP contribution in [0.3, 0.4) is 0 Å². The SMILES string of the molecule is CC(=O)CC(F)c1ccccc1C. The Balaban J connectivity index is 2.82. The summed E-state index contributed by atoms with van der Waals surface area (Å²) in [5, 5.41) is 0. The van der Waals surface area contributed by atoms with Gasteiger partial charge in [-0.2, -0.15) is 0 Å². The van der Waals surface area contributed by atoms with E-state index in [-0.39, 0.29) is 12.2 Å². The van der Waals surface area contributed by atoms with E-state index in [9.17, 15) is 9.18 Å². The van der Waals surface area contributed by atoms with Crippen LogP contribution in [0.4, 0.5) is 4.39 Å². The van der Waals surface area contributed by atoms with Crippen molar-refractivity contribution in [2.75, 3.05) is 0 Å². The third-order valence-electron chi connectivity index (χ3n) is 1.99. The number of halogens is 1. The van der Waals surface area contributed by atoms with Crippen molar-refractivity contribution in [3.63, 3.8) is 0 Å². The highest BCUT2D eigenvalue weighted by molar-refractivity contribution is 5.76. The zero-order valence-corrected chi connectivity index (χ0v) is 7.88. The first-order valence-corrected chi connectivity index (χ1v) is 4.30. The summed E-state index contributed by atoms with van der Waals surface area (Å²) in [5.41, 5.74) is 1.52. The van der Waals surface area contributed by atoms with Crippen molar-refractivity contribution in [2.45, 2.75) is 26.4 Å². The van der Waals surface area contributed by atoms with Crippen molar-refractivity contribution in [1.29, 1.82) is 0 Å². The fourth-order valence-electron chi connectivity index (χ4n) is 1.30. The first-order valence-electron chi connectivity index (χ1n) is 4.30. The molecule has 0 spiro atoms.